The molecule has 3 aromatic rings. The summed E-state index contributed by atoms with van der Waals surface area (Å²) in [5.74, 6) is 0. The van der Waals surface area contributed by atoms with E-state index in [1.165, 1.54) is 5.56 Å². The van der Waals surface area contributed by atoms with Crippen molar-refractivity contribution in [3.63, 3.8) is 0 Å². The second-order valence-electron chi connectivity index (χ2n) is 4.07. The number of benzene rings is 1. The molecule has 0 aliphatic rings. The Morgan fingerprint density at radius 1 is 1.17 bits per heavy atom. The molecular formula is C13H12N4S. The molecular weight excluding hydrogens is 244 g/mol. The maximum absolute atomic E-state index is 5.12. The average Bonchev–Trinajstić information content (AvgIpc) is 2.80. The van der Waals surface area contributed by atoms with Gasteiger partial charge in [-0.2, -0.15) is 14.7 Å². The van der Waals surface area contributed by atoms with Crippen LogP contribution in [0.1, 0.15) is 12.5 Å². The van der Waals surface area contributed by atoms with Gasteiger partial charge in [-0.05, 0) is 36.3 Å². The number of aromatic amines is 1. The number of hydrogen-bond donors (Lipinski definition) is 1. The minimum Gasteiger partial charge on any atom is -0.250 e. The van der Waals surface area contributed by atoms with Gasteiger partial charge in [-0.15, -0.1) is 0 Å². The average molecular weight is 256 g/mol. The summed E-state index contributed by atoms with van der Waals surface area (Å²) < 4.78 is 2.15. The highest BCUT2D eigenvalue weighted by Gasteiger charge is 2.03. The Bertz CT molecular complexity index is 740. The monoisotopic (exact) mass is 256 g/mol. The first-order valence-electron chi connectivity index (χ1n) is 5.81. The lowest BCUT2D eigenvalue weighted by atomic mass is 10.1. The smallest absolute Gasteiger partial charge is 0.216 e. The van der Waals surface area contributed by atoms with E-state index in [2.05, 4.69) is 46.5 Å². The van der Waals surface area contributed by atoms with Gasteiger partial charge in [0.2, 0.25) is 4.77 Å². The van der Waals surface area contributed by atoms with Crippen molar-refractivity contribution < 1.29 is 0 Å². The van der Waals surface area contributed by atoms with E-state index in [1.54, 1.807) is 4.52 Å². The van der Waals surface area contributed by atoms with Crippen LogP contribution in [0.15, 0.2) is 36.4 Å². The Morgan fingerprint density at radius 2 is 1.94 bits per heavy atom. The van der Waals surface area contributed by atoms with Crippen molar-refractivity contribution in [3.8, 4) is 11.3 Å². The predicted octanol–water partition coefficient (Wildman–Crippen LogP) is 3.02. The molecule has 0 bridgehead atoms. The molecule has 0 unspecified atom stereocenters. The van der Waals surface area contributed by atoms with Gasteiger partial charge in [-0.1, -0.05) is 31.2 Å². The molecule has 1 N–H and O–H groups in total. The van der Waals surface area contributed by atoms with Crippen LogP contribution in [0.5, 0.6) is 0 Å². The molecule has 2 aromatic heterocycles. The third kappa shape index (κ3) is 1.82. The van der Waals surface area contributed by atoms with Crippen LogP contribution in [0.2, 0.25) is 0 Å². The summed E-state index contributed by atoms with van der Waals surface area (Å²) in [4.78, 5) is 0. The van der Waals surface area contributed by atoms with Crippen LogP contribution in [0.25, 0.3) is 16.9 Å². The minimum absolute atomic E-state index is 0.511. The number of hydrogen-bond acceptors (Lipinski definition) is 3. The number of aryl methyl sites for hydroxylation is 1. The number of fused-ring (bicyclic) bond motifs is 1. The first-order valence-corrected chi connectivity index (χ1v) is 6.22. The van der Waals surface area contributed by atoms with Gasteiger partial charge in [-0.3, -0.25) is 0 Å². The Hall–Kier alpha value is -2.01. The number of rotatable bonds is 2. The molecule has 0 amide bonds. The Kier molecular flexibility index (Phi) is 2.68. The summed E-state index contributed by atoms with van der Waals surface area (Å²) in [6, 6.07) is 12.3. The third-order valence-corrected chi connectivity index (χ3v) is 3.20. The SMILES string of the molecule is CCc1ccc(-c2ccc3n[nH]c(=S)n3n2)cc1. The molecule has 0 aliphatic heterocycles. The molecule has 0 saturated heterocycles. The molecule has 0 atom stereocenters. The zero-order valence-corrected chi connectivity index (χ0v) is 10.7. The van der Waals surface area contributed by atoms with Gasteiger partial charge in [-0.25, -0.2) is 5.10 Å². The molecule has 90 valence electrons. The van der Waals surface area contributed by atoms with Crippen molar-refractivity contribution in [2.24, 2.45) is 0 Å². The minimum atomic E-state index is 0.511. The normalized spacial score (nSPS) is 10.9. The summed E-state index contributed by atoms with van der Waals surface area (Å²) in [6.07, 6.45) is 1.04. The molecule has 18 heavy (non-hydrogen) atoms. The first-order chi connectivity index (χ1) is 8.78. The maximum atomic E-state index is 5.12. The molecule has 4 nitrogen and oxygen atoms in total. The standard InChI is InChI=1S/C13H12N4S/c1-2-9-3-5-10(6-4-9)11-7-8-12-14-15-13(18)17(12)16-11/h3-8H,2H2,1H3,(H,15,18). The second-order valence-corrected chi connectivity index (χ2v) is 4.45. The Morgan fingerprint density at radius 3 is 2.67 bits per heavy atom. The summed E-state index contributed by atoms with van der Waals surface area (Å²) >= 11 is 5.12. The molecule has 5 heteroatoms. The summed E-state index contributed by atoms with van der Waals surface area (Å²) in [5.41, 5.74) is 4.02. The zero-order chi connectivity index (χ0) is 12.5. The van der Waals surface area contributed by atoms with Crippen molar-refractivity contribution >= 4 is 17.9 Å². The molecule has 1 aromatic carbocycles. The lowest BCUT2D eigenvalue weighted by Gasteiger charge is -2.02. The van der Waals surface area contributed by atoms with E-state index >= 15 is 0 Å². The summed E-state index contributed by atoms with van der Waals surface area (Å²) in [5, 5.41) is 11.3. The van der Waals surface area contributed by atoms with Gasteiger partial charge < -0.3 is 0 Å². The fourth-order valence-corrected chi connectivity index (χ4v) is 2.05. The molecule has 0 radical (unpaired) electrons. The first kappa shape index (κ1) is 11.1. The fraction of sp³-hybridized carbons (Fsp3) is 0.154. The maximum Gasteiger partial charge on any atom is 0.216 e. The van der Waals surface area contributed by atoms with E-state index < -0.39 is 0 Å². The van der Waals surface area contributed by atoms with Crippen molar-refractivity contribution in [2.75, 3.05) is 0 Å². The zero-order valence-electron chi connectivity index (χ0n) is 9.92. The highest BCUT2D eigenvalue weighted by atomic mass is 32.1. The van der Waals surface area contributed by atoms with Crippen LogP contribution in [-0.4, -0.2) is 19.8 Å². The van der Waals surface area contributed by atoms with Crippen LogP contribution in [0.3, 0.4) is 0 Å². The van der Waals surface area contributed by atoms with E-state index in [1.807, 2.05) is 12.1 Å². The van der Waals surface area contributed by atoms with Crippen molar-refractivity contribution in [2.45, 2.75) is 13.3 Å². The molecule has 2 heterocycles. The van der Waals surface area contributed by atoms with E-state index in [0.29, 0.717) is 4.77 Å². The molecule has 0 spiro atoms. The van der Waals surface area contributed by atoms with Gasteiger partial charge in [0, 0.05) is 5.56 Å². The summed E-state index contributed by atoms with van der Waals surface area (Å²) in [7, 11) is 0. The lowest BCUT2D eigenvalue weighted by Crippen LogP contribution is -1.94. The highest BCUT2D eigenvalue weighted by molar-refractivity contribution is 7.71. The van der Waals surface area contributed by atoms with E-state index in [4.69, 9.17) is 12.2 Å². The number of aromatic nitrogens is 4. The predicted molar refractivity (Wildman–Crippen MR) is 73.0 cm³/mol. The lowest BCUT2D eigenvalue weighted by molar-refractivity contribution is 0.915. The van der Waals surface area contributed by atoms with Gasteiger partial charge in [0.15, 0.2) is 5.65 Å². The van der Waals surface area contributed by atoms with Gasteiger partial charge >= 0.3 is 0 Å². The second kappa shape index (κ2) is 4.34. The van der Waals surface area contributed by atoms with E-state index in [9.17, 15) is 0 Å². The Labute approximate surface area is 109 Å². The topological polar surface area (TPSA) is 46.0 Å². The van der Waals surface area contributed by atoms with Crippen molar-refractivity contribution in [1.82, 2.24) is 19.8 Å². The number of nitrogens with zero attached hydrogens (tertiary/aromatic N) is 3. The van der Waals surface area contributed by atoms with Gasteiger partial charge in [0.25, 0.3) is 0 Å². The molecule has 0 saturated carbocycles. The molecule has 3 rings (SSSR count). The van der Waals surface area contributed by atoms with Crippen molar-refractivity contribution in [1.29, 1.82) is 0 Å². The largest absolute Gasteiger partial charge is 0.250 e. The van der Waals surface area contributed by atoms with E-state index in [0.717, 1.165) is 23.3 Å². The van der Waals surface area contributed by atoms with Crippen molar-refractivity contribution in [3.05, 3.63) is 46.7 Å². The number of nitrogens with one attached hydrogen (secondary N) is 1. The van der Waals surface area contributed by atoms with E-state index in [-0.39, 0.29) is 0 Å². The van der Waals surface area contributed by atoms with Gasteiger partial charge in [0.05, 0.1) is 5.69 Å². The third-order valence-electron chi connectivity index (χ3n) is 2.93. The number of H-pyrrole nitrogens is 1. The quantitative estimate of drug-likeness (QED) is 0.717. The van der Waals surface area contributed by atoms with Crippen LogP contribution in [0.4, 0.5) is 0 Å². The molecule has 0 fully saturated rings. The fourth-order valence-electron chi connectivity index (χ4n) is 1.87. The molecule has 0 aliphatic carbocycles. The Balaban J connectivity index is 2.12. The van der Waals surface area contributed by atoms with Crippen LogP contribution < -0.4 is 0 Å². The van der Waals surface area contributed by atoms with Crippen LogP contribution in [-0.2, 0) is 6.42 Å². The van der Waals surface area contributed by atoms with Gasteiger partial charge in [0.1, 0.15) is 0 Å². The highest BCUT2D eigenvalue weighted by Crippen LogP contribution is 2.17. The van der Waals surface area contributed by atoms with Crippen LogP contribution >= 0.6 is 12.2 Å². The summed E-state index contributed by atoms with van der Waals surface area (Å²) in [6.45, 7) is 2.14. The van der Waals surface area contributed by atoms with Crippen LogP contribution in [0, 0.1) is 4.77 Å².